The molecule has 0 aliphatic carbocycles. The molecule has 0 spiro atoms. The van der Waals surface area contributed by atoms with Crippen molar-refractivity contribution >= 4 is 0 Å². The molecule has 2 rings (SSSR count). The summed E-state index contributed by atoms with van der Waals surface area (Å²) in [5.74, 6) is 0.894. The van der Waals surface area contributed by atoms with Gasteiger partial charge in [-0.05, 0) is 37.1 Å². The molecule has 1 unspecified atom stereocenters. The molecule has 1 heterocycles. The highest BCUT2D eigenvalue weighted by Crippen LogP contribution is 2.21. The third-order valence-electron chi connectivity index (χ3n) is 4.66. The molecular formula is C19H32N2O2. The fraction of sp³-hybridized carbons (Fsp3) is 0.684. The molecule has 4 heteroatoms. The van der Waals surface area contributed by atoms with Gasteiger partial charge in [-0.25, -0.2) is 0 Å². The zero-order chi connectivity index (χ0) is 16.5. The Morgan fingerprint density at radius 1 is 1.04 bits per heavy atom. The van der Waals surface area contributed by atoms with Crippen molar-refractivity contribution in [2.45, 2.75) is 39.2 Å². The molecule has 0 amide bonds. The van der Waals surface area contributed by atoms with Crippen LogP contribution in [-0.2, 0) is 0 Å². The Kier molecular flexibility index (Phi) is 7.86. The van der Waals surface area contributed by atoms with E-state index in [1.165, 1.54) is 0 Å². The van der Waals surface area contributed by atoms with Crippen LogP contribution in [0.15, 0.2) is 24.3 Å². The molecule has 0 saturated carbocycles. The van der Waals surface area contributed by atoms with Gasteiger partial charge >= 0.3 is 0 Å². The first-order valence-corrected chi connectivity index (χ1v) is 9.08. The van der Waals surface area contributed by atoms with E-state index in [-0.39, 0.29) is 6.10 Å². The summed E-state index contributed by atoms with van der Waals surface area (Å²) in [5.41, 5.74) is 0.986. The van der Waals surface area contributed by atoms with Gasteiger partial charge in [-0.15, -0.1) is 0 Å². The number of aliphatic hydroxyl groups excluding tert-OH is 1. The SMILES string of the molecule is CCCCOc1ccc(C(O)CCN2CCN(CC)CC2)cc1. The lowest BCUT2D eigenvalue weighted by molar-refractivity contribution is 0.105. The zero-order valence-electron chi connectivity index (χ0n) is 14.7. The molecule has 1 aliphatic rings. The number of nitrogens with zero attached hydrogens (tertiary/aromatic N) is 2. The Morgan fingerprint density at radius 3 is 2.30 bits per heavy atom. The van der Waals surface area contributed by atoms with Gasteiger partial charge in [0.05, 0.1) is 12.7 Å². The van der Waals surface area contributed by atoms with E-state index in [9.17, 15) is 5.11 Å². The highest BCUT2D eigenvalue weighted by Gasteiger charge is 2.16. The van der Waals surface area contributed by atoms with E-state index in [1.54, 1.807) is 0 Å². The Hall–Kier alpha value is -1.10. The molecule has 0 radical (unpaired) electrons. The Bertz CT molecular complexity index is 428. The first-order valence-electron chi connectivity index (χ1n) is 9.08. The quantitative estimate of drug-likeness (QED) is 0.710. The van der Waals surface area contributed by atoms with Gasteiger partial charge in [0.15, 0.2) is 0 Å². The van der Waals surface area contributed by atoms with Crippen LogP contribution in [-0.4, -0.2) is 60.8 Å². The molecule has 1 saturated heterocycles. The van der Waals surface area contributed by atoms with Gasteiger partial charge < -0.3 is 19.6 Å². The highest BCUT2D eigenvalue weighted by atomic mass is 16.5. The van der Waals surface area contributed by atoms with Gasteiger partial charge in [-0.2, -0.15) is 0 Å². The first-order chi connectivity index (χ1) is 11.2. The maximum atomic E-state index is 10.4. The third kappa shape index (κ3) is 6.13. The minimum Gasteiger partial charge on any atom is -0.494 e. The Labute approximate surface area is 141 Å². The second kappa shape index (κ2) is 9.91. The molecule has 0 aromatic heterocycles. The molecule has 4 nitrogen and oxygen atoms in total. The largest absolute Gasteiger partial charge is 0.494 e. The van der Waals surface area contributed by atoms with Gasteiger partial charge in [0.2, 0.25) is 0 Å². The van der Waals surface area contributed by atoms with Crippen LogP contribution in [0.25, 0.3) is 0 Å². The molecule has 1 fully saturated rings. The number of piperazine rings is 1. The molecular weight excluding hydrogens is 288 g/mol. The molecule has 1 aliphatic heterocycles. The fourth-order valence-corrected chi connectivity index (χ4v) is 2.92. The first kappa shape index (κ1) is 18.2. The van der Waals surface area contributed by atoms with Crippen LogP contribution in [0.4, 0.5) is 0 Å². The van der Waals surface area contributed by atoms with Crippen molar-refractivity contribution in [1.82, 2.24) is 9.80 Å². The van der Waals surface area contributed by atoms with Crippen LogP contribution in [0.1, 0.15) is 44.8 Å². The zero-order valence-corrected chi connectivity index (χ0v) is 14.7. The van der Waals surface area contributed by atoms with Crippen molar-refractivity contribution in [1.29, 1.82) is 0 Å². The molecule has 0 bridgehead atoms. The average molecular weight is 320 g/mol. The van der Waals surface area contributed by atoms with Crippen LogP contribution in [0.3, 0.4) is 0 Å². The minimum atomic E-state index is -0.385. The molecule has 1 N–H and O–H groups in total. The molecule has 1 aromatic rings. The third-order valence-corrected chi connectivity index (χ3v) is 4.66. The lowest BCUT2D eigenvalue weighted by Crippen LogP contribution is -2.46. The van der Waals surface area contributed by atoms with Gasteiger partial charge in [-0.3, -0.25) is 0 Å². The van der Waals surface area contributed by atoms with Crippen molar-refractivity contribution < 1.29 is 9.84 Å². The monoisotopic (exact) mass is 320 g/mol. The molecule has 23 heavy (non-hydrogen) atoms. The van der Waals surface area contributed by atoms with E-state index in [4.69, 9.17) is 4.74 Å². The van der Waals surface area contributed by atoms with Crippen LogP contribution < -0.4 is 4.74 Å². The van der Waals surface area contributed by atoms with Gasteiger partial charge in [-0.1, -0.05) is 32.4 Å². The number of benzene rings is 1. The summed E-state index contributed by atoms with van der Waals surface area (Å²) < 4.78 is 5.66. The predicted molar refractivity (Wildman–Crippen MR) is 95.0 cm³/mol. The van der Waals surface area contributed by atoms with Crippen molar-refractivity contribution in [2.75, 3.05) is 45.9 Å². The van der Waals surface area contributed by atoms with Gasteiger partial charge in [0.1, 0.15) is 5.75 Å². The van der Waals surface area contributed by atoms with E-state index in [1.807, 2.05) is 24.3 Å². The van der Waals surface area contributed by atoms with Crippen LogP contribution in [0, 0.1) is 0 Å². The fourth-order valence-electron chi connectivity index (χ4n) is 2.92. The van der Waals surface area contributed by atoms with Crippen LogP contribution >= 0.6 is 0 Å². The summed E-state index contributed by atoms with van der Waals surface area (Å²) >= 11 is 0. The molecule has 130 valence electrons. The second-order valence-electron chi connectivity index (χ2n) is 6.35. The number of likely N-dealkylation sites (N-methyl/N-ethyl adjacent to an activating group) is 1. The summed E-state index contributed by atoms with van der Waals surface area (Å²) in [6.07, 6.45) is 2.63. The van der Waals surface area contributed by atoms with Crippen LogP contribution in [0.5, 0.6) is 5.75 Å². The maximum absolute atomic E-state index is 10.4. The normalized spacial score (nSPS) is 18.0. The summed E-state index contributed by atoms with van der Waals surface area (Å²) in [7, 11) is 0. The van der Waals surface area contributed by atoms with E-state index in [0.29, 0.717) is 0 Å². The number of aliphatic hydroxyl groups is 1. The van der Waals surface area contributed by atoms with Crippen molar-refractivity contribution in [3.63, 3.8) is 0 Å². The topological polar surface area (TPSA) is 35.9 Å². The minimum absolute atomic E-state index is 0.385. The lowest BCUT2D eigenvalue weighted by atomic mass is 10.1. The van der Waals surface area contributed by atoms with E-state index in [0.717, 1.165) is 76.5 Å². The van der Waals surface area contributed by atoms with E-state index in [2.05, 4.69) is 23.6 Å². The summed E-state index contributed by atoms with van der Waals surface area (Å²) in [4.78, 5) is 4.93. The van der Waals surface area contributed by atoms with Crippen molar-refractivity contribution in [2.24, 2.45) is 0 Å². The van der Waals surface area contributed by atoms with E-state index >= 15 is 0 Å². The van der Waals surface area contributed by atoms with Crippen LogP contribution in [0.2, 0.25) is 0 Å². The summed E-state index contributed by atoms with van der Waals surface area (Å²) in [5, 5.41) is 10.4. The average Bonchev–Trinajstić information content (AvgIpc) is 2.61. The van der Waals surface area contributed by atoms with Gasteiger partial charge in [0.25, 0.3) is 0 Å². The standard InChI is InChI=1S/C19H32N2O2/c1-3-5-16-23-18-8-6-17(7-9-18)19(22)10-11-21-14-12-20(4-2)13-15-21/h6-9,19,22H,3-5,10-16H2,1-2H3. The van der Waals surface area contributed by atoms with Gasteiger partial charge in [0, 0.05) is 32.7 Å². The van der Waals surface area contributed by atoms with E-state index < -0.39 is 0 Å². The van der Waals surface area contributed by atoms with Crippen molar-refractivity contribution in [3.8, 4) is 5.75 Å². The molecule has 1 atom stereocenters. The molecule has 1 aromatic carbocycles. The van der Waals surface area contributed by atoms with Crippen molar-refractivity contribution in [3.05, 3.63) is 29.8 Å². The maximum Gasteiger partial charge on any atom is 0.119 e. The summed E-state index contributed by atoms with van der Waals surface area (Å²) in [6, 6.07) is 7.91. The second-order valence-corrected chi connectivity index (χ2v) is 6.35. The number of ether oxygens (including phenoxy) is 1. The lowest BCUT2D eigenvalue weighted by Gasteiger charge is -2.34. The highest BCUT2D eigenvalue weighted by molar-refractivity contribution is 5.28. The summed E-state index contributed by atoms with van der Waals surface area (Å²) in [6.45, 7) is 11.8. The number of hydrogen-bond donors (Lipinski definition) is 1. The number of rotatable bonds is 9. The Morgan fingerprint density at radius 2 is 1.70 bits per heavy atom. The smallest absolute Gasteiger partial charge is 0.119 e. The number of unbranched alkanes of at least 4 members (excludes halogenated alkanes) is 1. The number of hydrogen-bond acceptors (Lipinski definition) is 4. The Balaban J connectivity index is 1.72. The predicted octanol–water partition coefficient (Wildman–Crippen LogP) is 2.93.